The number of hydrogen-bond acceptors (Lipinski definition) is 4. The fourth-order valence-corrected chi connectivity index (χ4v) is 3.41. The monoisotopic (exact) mass is 292 g/mol. The molecule has 0 aliphatic rings. The minimum Gasteiger partial charge on any atom is -0.263 e. The lowest BCUT2D eigenvalue weighted by atomic mass is 10.3. The second kappa shape index (κ2) is 3.27. The van der Waals surface area contributed by atoms with Gasteiger partial charge in [0, 0.05) is 17.8 Å². The molecule has 0 spiro atoms. The molecule has 0 bridgehead atoms. The number of thiophene rings is 1. The Morgan fingerprint density at radius 1 is 1.43 bits per heavy atom. The van der Waals surface area contributed by atoms with Crippen molar-refractivity contribution in [3.05, 3.63) is 22.9 Å². The molecule has 4 nitrogen and oxygen atoms in total. The highest BCUT2D eigenvalue weighted by atomic mass is 79.9. The Kier molecular flexibility index (Phi) is 2.34. The van der Waals surface area contributed by atoms with E-state index in [4.69, 9.17) is 5.14 Å². The third kappa shape index (κ3) is 1.68. The van der Waals surface area contributed by atoms with E-state index in [-0.39, 0.29) is 4.21 Å². The number of fused-ring (bicyclic) bond motifs is 1. The van der Waals surface area contributed by atoms with Crippen LogP contribution in [0.25, 0.3) is 10.1 Å². The molecule has 0 amide bonds. The number of primary sulfonamides is 1. The second-order valence-electron chi connectivity index (χ2n) is 2.65. The van der Waals surface area contributed by atoms with Gasteiger partial charge < -0.3 is 0 Å². The van der Waals surface area contributed by atoms with Crippen LogP contribution in [0.5, 0.6) is 0 Å². The molecular formula is C7H5BrN2O2S2. The Hall–Kier alpha value is -0.500. The van der Waals surface area contributed by atoms with Gasteiger partial charge in [0.25, 0.3) is 0 Å². The maximum atomic E-state index is 11.1. The number of hydrogen-bond donors (Lipinski definition) is 1. The lowest BCUT2D eigenvalue weighted by Crippen LogP contribution is -2.09. The predicted octanol–water partition coefficient (Wildman–Crippen LogP) is 1.71. The van der Waals surface area contributed by atoms with Crippen LogP contribution in [0.1, 0.15) is 0 Å². The van der Waals surface area contributed by atoms with E-state index >= 15 is 0 Å². The van der Waals surface area contributed by atoms with Gasteiger partial charge in [0.2, 0.25) is 10.0 Å². The van der Waals surface area contributed by atoms with Crippen LogP contribution < -0.4 is 5.14 Å². The highest BCUT2D eigenvalue weighted by Crippen LogP contribution is 2.32. The first-order valence-corrected chi connectivity index (χ1v) is 6.70. The van der Waals surface area contributed by atoms with Crippen molar-refractivity contribution < 1.29 is 8.42 Å². The third-order valence-electron chi connectivity index (χ3n) is 1.64. The van der Waals surface area contributed by atoms with Crippen molar-refractivity contribution in [3.63, 3.8) is 0 Å². The van der Waals surface area contributed by atoms with E-state index in [0.29, 0.717) is 0 Å². The summed E-state index contributed by atoms with van der Waals surface area (Å²) in [7, 11) is -3.61. The number of nitrogens with two attached hydrogens (primary N) is 1. The van der Waals surface area contributed by atoms with Gasteiger partial charge in [0.1, 0.15) is 4.21 Å². The van der Waals surface area contributed by atoms with E-state index in [1.165, 1.54) is 6.07 Å². The van der Waals surface area contributed by atoms with Crippen LogP contribution in [0.15, 0.2) is 27.1 Å². The molecule has 0 saturated carbocycles. The molecule has 2 rings (SSSR count). The fraction of sp³-hybridized carbons (Fsp3) is 0. The van der Waals surface area contributed by atoms with Gasteiger partial charge in [-0.3, -0.25) is 4.98 Å². The quantitative estimate of drug-likeness (QED) is 0.869. The first kappa shape index (κ1) is 10.0. The number of halogens is 1. The summed E-state index contributed by atoms with van der Waals surface area (Å²) in [4.78, 5) is 3.93. The predicted molar refractivity (Wildman–Crippen MR) is 58.7 cm³/mol. The van der Waals surface area contributed by atoms with Crippen molar-refractivity contribution in [1.29, 1.82) is 0 Å². The molecule has 2 N–H and O–H groups in total. The molecular weight excluding hydrogens is 288 g/mol. The molecule has 14 heavy (non-hydrogen) atoms. The molecule has 0 aromatic carbocycles. The van der Waals surface area contributed by atoms with Crippen molar-refractivity contribution in [2.75, 3.05) is 0 Å². The Morgan fingerprint density at radius 2 is 2.14 bits per heavy atom. The van der Waals surface area contributed by atoms with E-state index in [1.54, 1.807) is 12.4 Å². The Morgan fingerprint density at radius 3 is 2.71 bits per heavy atom. The fourth-order valence-electron chi connectivity index (χ4n) is 1.05. The van der Waals surface area contributed by atoms with Crippen molar-refractivity contribution >= 4 is 47.4 Å². The summed E-state index contributed by atoms with van der Waals surface area (Å²) >= 11 is 4.42. The summed E-state index contributed by atoms with van der Waals surface area (Å²) in [5.74, 6) is 0. The normalized spacial score (nSPS) is 12.1. The van der Waals surface area contributed by atoms with E-state index in [0.717, 1.165) is 25.9 Å². The molecule has 7 heteroatoms. The van der Waals surface area contributed by atoms with E-state index in [2.05, 4.69) is 20.9 Å². The second-order valence-corrected chi connectivity index (χ2v) is 6.34. The van der Waals surface area contributed by atoms with Crippen molar-refractivity contribution in [3.8, 4) is 0 Å². The van der Waals surface area contributed by atoms with Gasteiger partial charge in [-0.1, -0.05) is 0 Å². The van der Waals surface area contributed by atoms with Crippen LogP contribution in [0.3, 0.4) is 0 Å². The highest BCUT2D eigenvalue weighted by molar-refractivity contribution is 9.10. The summed E-state index contributed by atoms with van der Waals surface area (Å²) < 4.78 is 23.9. The highest BCUT2D eigenvalue weighted by Gasteiger charge is 2.13. The summed E-state index contributed by atoms with van der Waals surface area (Å²) in [6.45, 7) is 0. The van der Waals surface area contributed by atoms with Crippen LogP contribution in [0, 0.1) is 0 Å². The Balaban J connectivity index is 2.81. The van der Waals surface area contributed by atoms with Crippen LogP contribution >= 0.6 is 27.3 Å². The molecule has 0 atom stereocenters. The molecule has 0 saturated heterocycles. The number of pyridine rings is 1. The summed E-state index contributed by atoms with van der Waals surface area (Å²) in [6, 6.07) is 1.52. The maximum absolute atomic E-state index is 11.1. The molecule has 0 fully saturated rings. The zero-order valence-electron chi connectivity index (χ0n) is 6.77. The van der Waals surface area contributed by atoms with Crippen LogP contribution in [-0.2, 0) is 10.0 Å². The molecule has 0 unspecified atom stereocenters. The SMILES string of the molecule is NS(=O)(=O)c1cc2cncc(Br)c2s1. The lowest BCUT2D eigenvalue weighted by Gasteiger charge is -1.89. The molecule has 74 valence electrons. The minimum absolute atomic E-state index is 0.154. The smallest absolute Gasteiger partial charge is 0.247 e. The van der Waals surface area contributed by atoms with Gasteiger partial charge in [-0.15, -0.1) is 11.3 Å². The first-order valence-electron chi connectivity index (χ1n) is 3.54. The van der Waals surface area contributed by atoms with Gasteiger partial charge in [0.15, 0.2) is 0 Å². The van der Waals surface area contributed by atoms with E-state index in [1.807, 2.05) is 0 Å². The Bertz CT molecular complexity index is 591. The summed E-state index contributed by atoms with van der Waals surface area (Å²) in [5, 5.41) is 5.79. The average Bonchev–Trinajstić information content (AvgIpc) is 2.48. The molecule has 0 radical (unpaired) electrons. The van der Waals surface area contributed by atoms with Crippen molar-refractivity contribution in [2.24, 2.45) is 5.14 Å². The Labute approximate surface area is 92.9 Å². The minimum atomic E-state index is -3.61. The summed E-state index contributed by atoms with van der Waals surface area (Å²) in [6.07, 6.45) is 3.22. The van der Waals surface area contributed by atoms with Gasteiger partial charge in [-0.05, 0) is 22.0 Å². The summed E-state index contributed by atoms with van der Waals surface area (Å²) in [5.41, 5.74) is 0. The molecule has 0 aliphatic carbocycles. The number of aromatic nitrogens is 1. The lowest BCUT2D eigenvalue weighted by molar-refractivity contribution is 0.600. The molecule has 2 aromatic rings. The van der Waals surface area contributed by atoms with Crippen molar-refractivity contribution in [1.82, 2.24) is 4.98 Å². The molecule has 0 aliphatic heterocycles. The molecule has 2 aromatic heterocycles. The standard InChI is InChI=1S/C7H5BrN2O2S2/c8-5-3-10-2-4-1-6(13-7(4)5)14(9,11)12/h1-3H,(H2,9,11,12). The average molecular weight is 293 g/mol. The largest absolute Gasteiger partial charge is 0.263 e. The topological polar surface area (TPSA) is 73.1 Å². The van der Waals surface area contributed by atoms with Crippen molar-refractivity contribution in [2.45, 2.75) is 4.21 Å². The van der Waals surface area contributed by atoms with Gasteiger partial charge in [-0.2, -0.15) is 0 Å². The van der Waals surface area contributed by atoms with E-state index in [9.17, 15) is 8.42 Å². The van der Waals surface area contributed by atoms with Crippen LogP contribution in [0.4, 0.5) is 0 Å². The maximum Gasteiger partial charge on any atom is 0.247 e. The van der Waals surface area contributed by atoms with Crippen LogP contribution in [0.2, 0.25) is 0 Å². The zero-order valence-corrected chi connectivity index (χ0v) is 9.99. The third-order valence-corrected chi connectivity index (χ3v) is 5.11. The van der Waals surface area contributed by atoms with Gasteiger partial charge >= 0.3 is 0 Å². The van der Waals surface area contributed by atoms with Gasteiger partial charge in [0.05, 0.1) is 9.17 Å². The van der Waals surface area contributed by atoms with Crippen LogP contribution in [-0.4, -0.2) is 13.4 Å². The van der Waals surface area contributed by atoms with Gasteiger partial charge in [-0.25, -0.2) is 13.6 Å². The first-order chi connectivity index (χ1) is 6.48. The molecule has 2 heterocycles. The zero-order chi connectivity index (χ0) is 10.3. The number of nitrogens with zero attached hydrogens (tertiary/aromatic N) is 1. The number of sulfonamides is 1. The number of rotatable bonds is 1. The van der Waals surface area contributed by atoms with E-state index < -0.39 is 10.0 Å².